The van der Waals surface area contributed by atoms with Crippen molar-refractivity contribution in [3.63, 3.8) is 0 Å². The Morgan fingerprint density at radius 2 is 2.00 bits per heavy atom. The molecule has 1 amide bonds. The Labute approximate surface area is 117 Å². The molecule has 1 aromatic heterocycles. The Balaban J connectivity index is 1.78. The molecule has 104 valence electrons. The summed E-state index contributed by atoms with van der Waals surface area (Å²) in [7, 11) is 0. The van der Waals surface area contributed by atoms with Crippen LogP contribution in [0.15, 0.2) is 42.6 Å². The molecule has 0 aliphatic rings. The van der Waals surface area contributed by atoms with E-state index in [-0.39, 0.29) is 18.3 Å². The molecular formula is C15H16FN3O. The molecule has 5 heteroatoms. The molecule has 1 aromatic carbocycles. The van der Waals surface area contributed by atoms with Gasteiger partial charge in [-0.3, -0.25) is 9.78 Å². The van der Waals surface area contributed by atoms with Crippen LogP contribution in [0.4, 0.5) is 10.1 Å². The minimum atomic E-state index is -0.327. The summed E-state index contributed by atoms with van der Waals surface area (Å²) in [5, 5.41) is 5.71. The Kier molecular flexibility index (Phi) is 4.79. The molecule has 2 aromatic rings. The zero-order chi connectivity index (χ0) is 14.4. The van der Waals surface area contributed by atoms with Crippen molar-refractivity contribution in [2.75, 3.05) is 11.9 Å². The van der Waals surface area contributed by atoms with Crippen molar-refractivity contribution in [2.24, 2.45) is 0 Å². The van der Waals surface area contributed by atoms with E-state index in [1.165, 1.54) is 24.3 Å². The number of carbonyl (C=O) groups excluding carboxylic acids is 1. The predicted octanol–water partition coefficient (Wildman–Crippen LogP) is 2.26. The monoisotopic (exact) mass is 273 g/mol. The van der Waals surface area contributed by atoms with Crippen molar-refractivity contribution in [2.45, 2.75) is 13.5 Å². The maximum Gasteiger partial charge on any atom is 0.238 e. The highest BCUT2D eigenvalue weighted by Gasteiger charge is 2.03. The van der Waals surface area contributed by atoms with E-state index in [0.717, 1.165) is 11.3 Å². The van der Waals surface area contributed by atoms with Crippen molar-refractivity contribution in [3.8, 4) is 0 Å². The molecule has 0 aliphatic carbocycles. The number of nitrogens with zero attached hydrogens (tertiary/aromatic N) is 1. The second kappa shape index (κ2) is 6.77. The van der Waals surface area contributed by atoms with Crippen molar-refractivity contribution in [1.82, 2.24) is 10.3 Å². The van der Waals surface area contributed by atoms with Gasteiger partial charge in [-0.25, -0.2) is 4.39 Å². The van der Waals surface area contributed by atoms with Gasteiger partial charge in [-0.1, -0.05) is 6.07 Å². The van der Waals surface area contributed by atoms with E-state index in [4.69, 9.17) is 0 Å². The number of anilines is 1. The molecular weight excluding hydrogens is 257 g/mol. The van der Waals surface area contributed by atoms with Gasteiger partial charge >= 0.3 is 0 Å². The van der Waals surface area contributed by atoms with Crippen LogP contribution in [0.3, 0.4) is 0 Å². The van der Waals surface area contributed by atoms with Crippen LogP contribution in [0.2, 0.25) is 0 Å². The van der Waals surface area contributed by atoms with Gasteiger partial charge in [0.05, 0.1) is 12.2 Å². The Bertz CT molecular complexity index is 584. The highest BCUT2D eigenvalue weighted by Crippen LogP contribution is 2.07. The number of benzene rings is 1. The van der Waals surface area contributed by atoms with Crippen molar-refractivity contribution >= 4 is 11.6 Å². The summed E-state index contributed by atoms with van der Waals surface area (Å²) in [5.74, 6) is -0.503. The normalized spacial score (nSPS) is 10.3. The number of halogens is 1. The Morgan fingerprint density at radius 3 is 2.70 bits per heavy atom. The molecule has 20 heavy (non-hydrogen) atoms. The van der Waals surface area contributed by atoms with Gasteiger partial charge in [-0.05, 0) is 42.8 Å². The SMILES string of the molecule is Cc1cccnc1CNCC(=O)Nc1ccc(F)cc1. The van der Waals surface area contributed by atoms with Gasteiger partial charge in [-0.15, -0.1) is 0 Å². The number of pyridine rings is 1. The van der Waals surface area contributed by atoms with E-state index in [1.54, 1.807) is 6.20 Å². The van der Waals surface area contributed by atoms with Crippen molar-refractivity contribution in [1.29, 1.82) is 0 Å². The second-order valence-corrected chi connectivity index (χ2v) is 4.43. The van der Waals surface area contributed by atoms with Crippen molar-refractivity contribution in [3.05, 3.63) is 59.7 Å². The molecule has 0 aliphatic heterocycles. The lowest BCUT2D eigenvalue weighted by molar-refractivity contribution is -0.115. The molecule has 0 bridgehead atoms. The summed E-state index contributed by atoms with van der Waals surface area (Å²) < 4.78 is 12.7. The molecule has 0 saturated heterocycles. The van der Waals surface area contributed by atoms with Gasteiger partial charge in [0.2, 0.25) is 5.91 Å². The van der Waals surface area contributed by atoms with E-state index < -0.39 is 0 Å². The summed E-state index contributed by atoms with van der Waals surface area (Å²) in [6, 6.07) is 9.51. The summed E-state index contributed by atoms with van der Waals surface area (Å²) >= 11 is 0. The number of hydrogen-bond donors (Lipinski definition) is 2. The average Bonchev–Trinajstić information content (AvgIpc) is 2.43. The highest BCUT2D eigenvalue weighted by atomic mass is 19.1. The number of hydrogen-bond acceptors (Lipinski definition) is 3. The minimum absolute atomic E-state index is 0.174. The smallest absolute Gasteiger partial charge is 0.238 e. The lowest BCUT2D eigenvalue weighted by Crippen LogP contribution is -2.28. The third-order valence-corrected chi connectivity index (χ3v) is 2.82. The zero-order valence-corrected chi connectivity index (χ0v) is 11.2. The predicted molar refractivity (Wildman–Crippen MR) is 75.7 cm³/mol. The molecule has 0 saturated carbocycles. The van der Waals surface area contributed by atoms with Crippen LogP contribution in [-0.4, -0.2) is 17.4 Å². The first kappa shape index (κ1) is 14.1. The van der Waals surface area contributed by atoms with Gasteiger partial charge in [-0.2, -0.15) is 0 Å². The number of nitrogens with one attached hydrogen (secondary N) is 2. The van der Waals surface area contributed by atoms with Gasteiger partial charge in [0.1, 0.15) is 5.82 Å². The molecule has 4 nitrogen and oxygen atoms in total. The molecule has 2 N–H and O–H groups in total. The molecule has 1 heterocycles. The number of carbonyl (C=O) groups is 1. The third-order valence-electron chi connectivity index (χ3n) is 2.82. The van der Waals surface area contributed by atoms with Crippen LogP contribution >= 0.6 is 0 Å². The number of aryl methyl sites for hydroxylation is 1. The van der Waals surface area contributed by atoms with Gasteiger partial charge in [0.25, 0.3) is 0 Å². The average molecular weight is 273 g/mol. The fourth-order valence-corrected chi connectivity index (χ4v) is 1.74. The minimum Gasteiger partial charge on any atom is -0.325 e. The van der Waals surface area contributed by atoms with E-state index in [2.05, 4.69) is 15.6 Å². The van der Waals surface area contributed by atoms with Crippen LogP contribution in [0.5, 0.6) is 0 Å². The van der Waals surface area contributed by atoms with E-state index >= 15 is 0 Å². The van der Waals surface area contributed by atoms with Crippen LogP contribution in [0.25, 0.3) is 0 Å². The second-order valence-electron chi connectivity index (χ2n) is 4.43. The summed E-state index contributed by atoms with van der Waals surface area (Å²) in [4.78, 5) is 15.9. The fraction of sp³-hybridized carbons (Fsp3) is 0.200. The topological polar surface area (TPSA) is 54.0 Å². The highest BCUT2D eigenvalue weighted by molar-refractivity contribution is 5.92. The van der Waals surface area contributed by atoms with E-state index in [0.29, 0.717) is 12.2 Å². The summed E-state index contributed by atoms with van der Waals surface area (Å²) in [6.07, 6.45) is 1.72. The third kappa shape index (κ3) is 4.13. The van der Waals surface area contributed by atoms with Gasteiger partial charge < -0.3 is 10.6 Å². The first-order valence-electron chi connectivity index (χ1n) is 6.32. The van der Waals surface area contributed by atoms with Crippen LogP contribution in [0, 0.1) is 12.7 Å². The fourth-order valence-electron chi connectivity index (χ4n) is 1.74. The van der Waals surface area contributed by atoms with Crippen LogP contribution < -0.4 is 10.6 Å². The molecule has 0 spiro atoms. The van der Waals surface area contributed by atoms with Crippen molar-refractivity contribution < 1.29 is 9.18 Å². The molecule has 2 rings (SSSR count). The first-order valence-corrected chi connectivity index (χ1v) is 6.32. The number of aromatic nitrogens is 1. The maximum atomic E-state index is 12.7. The van der Waals surface area contributed by atoms with Gasteiger partial charge in [0, 0.05) is 18.4 Å². The quantitative estimate of drug-likeness (QED) is 0.878. The number of amides is 1. The van der Waals surface area contributed by atoms with E-state index in [9.17, 15) is 9.18 Å². The molecule has 0 radical (unpaired) electrons. The molecule has 0 unspecified atom stereocenters. The Hall–Kier alpha value is -2.27. The van der Waals surface area contributed by atoms with Crippen LogP contribution in [-0.2, 0) is 11.3 Å². The first-order chi connectivity index (χ1) is 9.65. The van der Waals surface area contributed by atoms with E-state index in [1.807, 2.05) is 19.1 Å². The lowest BCUT2D eigenvalue weighted by atomic mass is 10.2. The largest absolute Gasteiger partial charge is 0.325 e. The zero-order valence-electron chi connectivity index (χ0n) is 11.2. The summed E-state index contributed by atoms with van der Waals surface area (Å²) in [6.45, 7) is 2.68. The summed E-state index contributed by atoms with van der Waals surface area (Å²) in [5.41, 5.74) is 2.58. The maximum absolute atomic E-state index is 12.7. The standard InChI is InChI=1S/C15H16FN3O/c1-11-3-2-8-18-14(11)9-17-10-15(20)19-13-6-4-12(16)5-7-13/h2-8,17H,9-10H2,1H3,(H,19,20). The lowest BCUT2D eigenvalue weighted by Gasteiger charge is -2.07. The molecule has 0 atom stereocenters. The Morgan fingerprint density at radius 1 is 1.25 bits per heavy atom. The number of rotatable bonds is 5. The van der Waals surface area contributed by atoms with Crippen LogP contribution in [0.1, 0.15) is 11.3 Å². The molecule has 0 fully saturated rings. The van der Waals surface area contributed by atoms with Gasteiger partial charge in [0.15, 0.2) is 0 Å².